The van der Waals surface area contributed by atoms with Gasteiger partial charge in [0.15, 0.2) is 0 Å². The van der Waals surface area contributed by atoms with Crippen molar-refractivity contribution in [2.75, 3.05) is 5.32 Å². The number of anilines is 1. The molecule has 0 aromatic heterocycles. The Morgan fingerprint density at radius 1 is 1.37 bits per heavy atom. The van der Waals surface area contributed by atoms with Crippen molar-refractivity contribution in [2.45, 2.75) is 32.8 Å². The Morgan fingerprint density at radius 3 is 2.53 bits per heavy atom. The molecule has 0 heterocycles. The molecule has 1 rings (SSSR count). The molecule has 2 N–H and O–H groups in total. The maximum Gasteiger partial charge on any atom is 0.412 e. The highest BCUT2D eigenvalue weighted by atomic mass is 79.9. The number of carbonyl (C=O) groups excluding carboxylic acids is 1. The fourth-order valence-electron chi connectivity index (χ4n) is 1.41. The highest BCUT2D eigenvalue weighted by Crippen LogP contribution is 2.22. The lowest BCUT2D eigenvalue weighted by Gasteiger charge is -2.20. The molecular weight excluding hydrogens is 314 g/mol. The van der Waals surface area contributed by atoms with Crippen molar-refractivity contribution in [2.24, 2.45) is 0 Å². The first kappa shape index (κ1) is 15.5. The van der Waals surface area contributed by atoms with Gasteiger partial charge in [-0.3, -0.25) is 10.1 Å². The zero-order chi connectivity index (χ0) is 14.6. The molecule has 104 valence electrons. The van der Waals surface area contributed by atoms with Crippen molar-refractivity contribution in [3.63, 3.8) is 0 Å². The van der Waals surface area contributed by atoms with Crippen LogP contribution in [0.1, 0.15) is 26.3 Å². The molecule has 1 aromatic carbocycles. The summed E-state index contributed by atoms with van der Waals surface area (Å²) < 4.78 is 5.87. The third-order valence-corrected chi connectivity index (χ3v) is 2.54. The van der Waals surface area contributed by atoms with Crippen LogP contribution in [0.4, 0.5) is 10.5 Å². The molecule has 0 spiro atoms. The third kappa shape index (κ3) is 5.74. The summed E-state index contributed by atoms with van der Waals surface area (Å²) in [6, 6.07) is 5.01. The Morgan fingerprint density at radius 2 is 2.00 bits per heavy atom. The number of carboxylic acids is 1. The molecule has 6 heteroatoms. The highest BCUT2D eigenvalue weighted by molar-refractivity contribution is 9.10. The lowest BCUT2D eigenvalue weighted by atomic mass is 10.1. The lowest BCUT2D eigenvalue weighted by molar-refractivity contribution is -0.136. The lowest BCUT2D eigenvalue weighted by Crippen LogP contribution is -2.27. The van der Waals surface area contributed by atoms with Crippen molar-refractivity contribution in [3.8, 4) is 0 Å². The smallest absolute Gasteiger partial charge is 0.412 e. The SMILES string of the molecule is CC(C)(C)OC(=O)Nc1ccc(Br)cc1CC(=O)O. The number of aliphatic carboxylic acids is 1. The van der Waals surface area contributed by atoms with Gasteiger partial charge in [-0.05, 0) is 44.5 Å². The van der Waals surface area contributed by atoms with Gasteiger partial charge in [0.05, 0.1) is 6.42 Å². The maximum absolute atomic E-state index is 11.7. The minimum Gasteiger partial charge on any atom is -0.481 e. The van der Waals surface area contributed by atoms with Crippen molar-refractivity contribution in [3.05, 3.63) is 28.2 Å². The molecule has 5 nitrogen and oxygen atoms in total. The van der Waals surface area contributed by atoms with Crippen LogP contribution in [0.15, 0.2) is 22.7 Å². The van der Waals surface area contributed by atoms with Gasteiger partial charge in [-0.2, -0.15) is 0 Å². The molecule has 0 aliphatic heterocycles. The second-order valence-electron chi connectivity index (χ2n) is 5.00. The van der Waals surface area contributed by atoms with Crippen molar-refractivity contribution in [1.29, 1.82) is 0 Å². The van der Waals surface area contributed by atoms with Gasteiger partial charge in [0.2, 0.25) is 0 Å². The minimum atomic E-state index is -0.967. The van der Waals surface area contributed by atoms with E-state index in [4.69, 9.17) is 9.84 Å². The number of rotatable bonds is 3. The summed E-state index contributed by atoms with van der Waals surface area (Å²) in [4.78, 5) is 22.4. The molecule has 0 radical (unpaired) electrons. The summed E-state index contributed by atoms with van der Waals surface area (Å²) in [5.74, 6) is -0.967. The van der Waals surface area contributed by atoms with Gasteiger partial charge in [0.1, 0.15) is 5.60 Å². The van der Waals surface area contributed by atoms with Gasteiger partial charge >= 0.3 is 12.1 Å². The molecule has 19 heavy (non-hydrogen) atoms. The van der Waals surface area contributed by atoms with Crippen LogP contribution in [0, 0.1) is 0 Å². The second-order valence-corrected chi connectivity index (χ2v) is 5.91. The van der Waals surface area contributed by atoms with E-state index in [0.29, 0.717) is 11.3 Å². The number of carboxylic acid groups (broad SMARTS) is 1. The van der Waals surface area contributed by atoms with E-state index in [1.54, 1.807) is 39.0 Å². The fraction of sp³-hybridized carbons (Fsp3) is 0.385. The summed E-state index contributed by atoms with van der Waals surface area (Å²) in [7, 11) is 0. The Kier molecular flexibility index (Phi) is 4.94. The Labute approximate surface area is 120 Å². The van der Waals surface area contributed by atoms with E-state index >= 15 is 0 Å². The van der Waals surface area contributed by atoms with E-state index in [2.05, 4.69) is 21.2 Å². The van der Waals surface area contributed by atoms with Crippen LogP contribution in [-0.2, 0) is 16.0 Å². The van der Waals surface area contributed by atoms with Gasteiger partial charge < -0.3 is 9.84 Å². The van der Waals surface area contributed by atoms with Crippen LogP contribution in [0.3, 0.4) is 0 Å². The Balaban J connectivity index is 2.88. The number of carbonyl (C=O) groups is 2. The van der Waals surface area contributed by atoms with Crippen LogP contribution in [-0.4, -0.2) is 22.8 Å². The molecule has 0 saturated heterocycles. The Bertz CT molecular complexity index is 494. The van der Waals surface area contributed by atoms with Gasteiger partial charge in [-0.25, -0.2) is 4.79 Å². The molecule has 0 aliphatic carbocycles. The molecule has 0 saturated carbocycles. The van der Waals surface area contributed by atoms with Gasteiger partial charge in [-0.15, -0.1) is 0 Å². The zero-order valence-corrected chi connectivity index (χ0v) is 12.6. The first-order chi connectivity index (χ1) is 8.67. The van der Waals surface area contributed by atoms with E-state index < -0.39 is 17.7 Å². The summed E-state index contributed by atoms with van der Waals surface area (Å²) in [5.41, 5.74) is 0.333. The normalized spacial score (nSPS) is 10.9. The number of amides is 1. The standard InChI is InChI=1S/C13H16BrNO4/c1-13(2,3)19-12(18)15-10-5-4-9(14)6-8(10)7-11(16)17/h4-6H,7H2,1-3H3,(H,15,18)(H,16,17). The first-order valence-corrected chi connectivity index (χ1v) is 6.47. The summed E-state index contributed by atoms with van der Waals surface area (Å²) in [6.45, 7) is 5.27. The molecule has 1 amide bonds. The monoisotopic (exact) mass is 329 g/mol. The second kappa shape index (κ2) is 6.06. The molecular formula is C13H16BrNO4. The van der Waals surface area contributed by atoms with E-state index in [-0.39, 0.29) is 6.42 Å². The number of hydrogen-bond acceptors (Lipinski definition) is 3. The predicted molar refractivity (Wildman–Crippen MR) is 75.3 cm³/mol. The molecule has 0 fully saturated rings. The molecule has 0 atom stereocenters. The number of nitrogens with one attached hydrogen (secondary N) is 1. The highest BCUT2D eigenvalue weighted by Gasteiger charge is 2.17. The van der Waals surface area contributed by atoms with E-state index in [1.807, 2.05) is 0 Å². The van der Waals surface area contributed by atoms with Crippen LogP contribution >= 0.6 is 15.9 Å². The van der Waals surface area contributed by atoms with Gasteiger partial charge in [0, 0.05) is 10.2 Å². The number of benzene rings is 1. The van der Waals surface area contributed by atoms with Crippen molar-refractivity contribution < 1.29 is 19.4 Å². The maximum atomic E-state index is 11.7. The number of hydrogen-bond donors (Lipinski definition) is 2. The van der Waals surface area contributed by atoms with E-state index in [0.717, 1.165) is 4.47 Å². The summed E-state index contributed by atoms with van der Waals surface area (Å²) >= 11 is 3.26. The fourth-order valence-corrected chi connectivity index (χ4v) is 1.82. The number of halogens is 1. The third-order valence-electron chi connectivity index (χ3n) is 2.04. The predicted octanol–water partition coefficient (Wildman–Crippen LogP) is 3.42. The van der Waals surface area contributed by atoms with Gasteiger partial charge in [0.25, 0.3) is 0 Å². The largest absolute Gasteiger partial charge is 0.481 e. The summed E-state index contributed by atoms with van der Waals surface area (Å²) in [5, 5.41) is 11.4. The van der Waals surface area contributed by atoms with Gasteiger partial charge in [-0.1, -0.05) is 15.9 Å². The molecule has 0 unspecified atom stereocenters. The number of ether oxygens (including phenoxy) is 1. The molecule has 1 aromatic rings. The zero-order valence-electron chi connectivity index (χ0n) is 11.0. The quantitative estimate of drug-likeness (QED) is 0.890. The average Bonchev–Trinajstić information content (AvgIpc) is 2.18. The van der Waals surface area contributed by atoms with Crippen LogP contribution in [0.25, 0.3) is 0 Å². The van der Waals surface area contributed by atoms with Crippen LogP contribution in [0.5, 0.6) is 0 Å². The van der Waals surface area contributed by atoms with E-state index in [9.17, 15) is 9.59 Å². The Hall–Kier alpha value is -1.56. The van der Waals surface area contributed by atoms with Crippen molar-refractivity contribution >= 4 is 33.7 Å². The van der Waals surface area contributed by atoms with E-state index in [1.165, 1.54) is 0 Å². The molecule has 0 bridgehead atoms. The average molecular weight is 330 g/mol. The van der Waals surface area contributed by atoms with Crippen molar-refractivity contribution in [1.82, 2.24) is 0 Å². The topological polar surface area (TPSA) is 75.6 Å². The van der Waals surface area contributed by atoms with Crippen LogP contribution in [0.2, 0.25) is 0 Å². The van der Waals surface area contributed by atoms with Crippen LogP contribution < -0.4 is 5.32 Å². The molecule has 0 aliphatic rings. The first-order valence-electron chi connectivity index (χ1n) is 5.67. The minimum absolute atomic E-state index is 0.176. The summed E-state index contributed by atoms with van der Waals surface area (Å²) in [6.07, 6.45) is -0.786.